The number of aryl methyl sites for hydroxylation is 1. The average molecular weight is 488 g/mol. The van der Waals surface area contributed by atoms with Crippen molar-refractivity contribution in [2.45, 2.75) is 59.1 Å². The smallest absolute Gasteiger partial charge is 0.191 e. The third-order valence-electron chi connectivity index (χ3n) is 4.65. The van der Waals surface area contributed by atoms with Crippen molar-refractivity contribution < 1.29 is 4.74 Å². The number of hydrogen-bond donors (Lipinski definition) is 2. The van der Waals surface area contributed by atoms with E-state index in [9.17, 15) is 0 Å². The summed E-state index contributed by atoms with van der Waals surface area (Å²) in [7, 11) is 0. The van der Waals surface area contributed by atoms with E-state index in [1.165, 1.54) is 44.5 Å². The fourth-order valence-electron chi connectivity index (χ4n) is 3.31. The normalized spacial score (nSPS) is 17.1. The molecule has 0 radical (unpaired) electrons. The van der Waals surface area contributed by atoms with Gasteiger partial charge in [-0.2, -0.15) is 0 Å². The van der Waals surface area contributed by atoms with Gasteiger partial charge in [0.15, 0.2) is 5.96 Å². The van der Waals surface area contributed by atoms with Crippen molar-refractivity contribution in [3.8, 4) is 5.75 Å². The van der Waals surface area contributed by atoms with E-state index in [0.29, 0.717) is 12.6 Å². The van der Waals surface area contributed by atoms with E-state index in [0.717, 1.165) is 18.3 Å². The van der Waals surface area contributed by atoms with Crippen LogP contribution in [0.3, 0.4) is 0 Å². The molecule has 0 bridgehead atoms. The molecule has 0 amide bonds. The molecule has 1 atom stereocenters. The Balaban J connectivity index is 0.00000364. The molecule has 1 aliphatic heterocycles. The first kappa shape index (κ1) is 24.0. The lowest BCUT2D eigenvalue weighted by Gasteiger charge is -2.32. The van der Waals surface area contributed by atoms with E-state index < -0.39 is 0 Å². The number of likely N-dealkylation sites (tertiary alicyclic amines) is 1. The zero-order valence-electron chi connectivity index (χ0n) is 17.3. The summed E-state index contributed by atoms with van der Waals surface area (Å²) in [6.45, 7) is 13.6. The first-order valence-corrected chi connectivity index (χ1v) is 10.1. The van der Waals surface area contributed by atoms with Gasteiger partial charge in [0, 0.05) is 25.7 Å². The molecule has 1 fully saturated rings. The number of benzene rings is 1. The van der Waals surface area contributed by atoms with Crippen LogP contribution in [0.1, 0.15) is 45.6 Å². The third-order valence-corrected chi connectivity index (χ3v) is 4.65. The summed E-state index contributed by atoms with van der Waals surface area (Å²) >= 11 is 0. The Labute approximate surface area is 182 Å². The molecule has 27 heavy (non-hydrogen) atoms. The van der Waals surface area contributed by atoms with Gasteiger partial charge in [0.2, 0.25) is 0 Å². The van der Waals surface area contributed by atoms with Crippen LogP contribution in [0, 0.1) is 6.92 Å². The fourth-order valence-corrected chi connectivity index (χ4v) is 3.31. The summed E-state index contributed by atoms with van der Waals surface area (Å²) in [5.41, 5.74) is 1.21. The van der Waals surface area contributed by atoms with Crippen LogP contribution >= 0.6 is 24.0 Å². The molecule has 0 aromatic heterocycles. The van der Waals surface area contributed by atoms with Crippen LogP contribution in [0.5, 0.6) is 5.75 Å². The predicted molar refractivity (Wildman–Crippen MR) is 126 cm³/mol. The predicted octanol–water partition coefficient (Wildman–Crippen LogP) is 3.81. The van der Waals surface area contributed by atoms with Crippen LogP contribution in [0.2, 0.25) is 0 Å². The first-order chi connectivity index (χ1) is 12.6. The molecular formula is C21H37IN4O. The fraction of sp³-hybridized carbons (Fsp3) is 0.667. The van der Waals surface area contributed by atoms with Gasteiger partial charge < -0.3 is 20.3 Å². The van der Waals surface area contributed by atoms with Crippen LogP contribution in [0.15, 0.2) is 29.3 Å². The highest BCUT2D eigenvalue weighted by molar-refractivity contribution is 14.0. The second-order valence-electron chi connectivity index (χ2n) is 7.22. The largest absolute Gasteiger partial charge is 0.489 e. The Morgan fingerprint density at radius 1 is 1.30 bits per heavy atom. The minimum absolute atomic E-state index is 0. The van der Waals surface area contributed by atoms with E-state index in [4.69, 9.17) is 9.73 Å². The van der Waals surface area contributed by atoms with Crippen LogP contribution in [-0.2, 0) is 0 Å². The maximum Gasteiger partial charge on any atom is 0.191 e. The summed E-state index contributed by atoms with van der Waals surface area (Å²) < 4.78 is 5.99. The van der Waals surface area contributed by atoms with Crippen molar-refractivity contribution in [1.29, 1.82) is 0 Å². The third kappa shape index (κ3) is 9.14. The van der Waals surface area contributed by atoms with Crippen molar-refractivity contribution in [3.05, 3.63) is 29.8 Å². The zero-order chi connectivity index (χ0) is 18.8. The molecule has 1 aromatic carbocycles. The van der Waals surface area contributed by atoms with E-state index in [2.05, 4.69) is 55.4 Å². The molecule has 0 spiro atoms. The lowest BCUT2D eigenvalue weighted by Crippen LogP contribution is -2.49. The number of nitrogens with one attached hydrogen (secondary N) is 2. The number of piperidine rings is 1. The zero-order valence-corrected chi connectivity index (χ0v) is 19.7. The molecular weight excluding hydrogens is 451 g/mol. The minimum Gasteiger partial charge on any atom is -0.489 e. The molecule has 154 valence electrons. The molecule has 6 heteroatoms. The molecule has 5 nitrogen and oxygen atoms in total. The Bertz CT molecular complexity index is 559. The van der Waals surface area contributed by atoms with Crippen molar-refractivity contribution in [2.24, 2.45) is 4.99 Å². The lowest BCUT2D eigenvalue weighted by molar-refractivity contribution is 0.206. The van der Waals surface area contributed by atoms with E-state index in [1.807, 2.05) is 12.1 Å². The first-order valence-electron chi connectivity index (χ1n) is 10.1. The van der Waals surface area contributed by atoms with Crippen LogP contribution in [0.25, 0.3) is 0 Å². The van der Waals surface area contributed by atoms with Crippen LogP contribution in [0.4, 0.5) is 0 Å². The topological polar surface area (TPSA) is 48.9 Å². The molecule has 1 aromatic rings. The van der Waals surface area contributed by atoms with Crippen LogP contribution < -0.4 is 15.4 Å². The Hall–Kier alpha value is -1.02. The molecule has 1 saturated heterocycles. The molecule has 0 aliphatic carbocycles. The van der Waals surface area contributed by atoms with Gasteiger partial charge in [-0.15, -0.1) is 24.0 Å². The standard InChI is InChI=1S/C21H36N4O.HI/c1-5-12-25-13-10-19(11-14-25)24-21(22-6-2)23-16-18(4)26-20-9-7-8-17(3)15-20;/h7-9,15,18-19H,5-6,10-14,16H2,1-4H3,(H2,22,23,24);1H. The molecule has 0 saturated carbocycles. The quantitative estimate of drug-likeness (QED) is 0.332. The molecule has 2 rings (SSSR count). The molecule has 1 aliphatic rings. The molecule has 2 N–H and O–H groups in total. The second-order valence-corrected chi connectivity index (χ2v) is 7.22. The van der Waals surface area contributed by atoms with Gasteiger partial charge in [-0.1, -0.05) is 19.1 Å². The van der Waals surface area contributed by atoms with Gasteiger partial charge in [0.25, 0.3) is 0 Å². The van der Waals surface area contributed by atoms with Crippen molar-refractivity contribution in [2.75, 3.05) is 32.7 Å². The lowest BCUT2D eigenvalue weighted by atomic mass is 10.1. The SMILES string of the molecule is CCCN1CCC(NC(=NCC(C)Oc2cccc(C)c2)NCC)CC1.I. The second kappa shape index (κ2) is 13.2. The van der Waals surface area contributed by atoms with E-state index in [1.54, 1.807) is 0 Å². The summed E-state index contributed by atoms with van der Waals surface area (Å²) in [5.74, 6) is 1.81. The summed E-state index contributed by atoms with van der Waals surface area (Å²) in [6.07, 6.45) is 3.64. The average Bonchev–Trinajstić information content (AvgIpc) is 2.62. The molecule has 1 unspecified atom stereocenters. The van der Waals surface area contributed by atoms with Crippen molar-refractivity contribution >= 4 is 29.9 Å². The Kier molecular flexibility index (Phi) is 11.7. The van der Waals surface area contributed by atoms with Gasteiger partial charge in [0.1, 0.15) is 11.9 Å². The van der Waals surface area contributed by atoms with Gasteiger partial charge in [0.05, 0.1) is 6.54 Å². The number of aliphatic imine (C=N–C) groups is 1. The number of rotatable bonds is 8. The van der Waals surface area contributed by atoms with Crippen molar-refractivity contribution in [3.63, 3.8) is 0 Å². The summed E-state index contributed by atoms with van der Waals surface area (Å²) in [6, 6.07) is 8.68. The Morgan fingerprint density at radius 3 is 2.67 bits per heavy atom. The van der Waals surface area contributed by atoms with Gasteiger partial charge in [-0.3, -0.25) is 0 Å². The number of guanidine groups is 1. The van der Waals surface area contributed by atoms with Gasteiger partial charge >= 0.3 is 0 Å². The van der Waals surface area contributed by atoms with Gasteiger partial charge in [-0.05, 0) is 64.3 Å². The van der Waals surface area contributed by atoms with E-state index >= 15 is 0 Å². The van der Waals surface area contributed by atoms with Gasteiger partial charge in [-0.25, -0.2) is 4.99 Å². The number of hydrogen-bond acceptors (Lipinski definition) is 3. The van der Waals surface area contributed by atoms with Crippen molar-refractivity contribution in [1.82, 2.24) is 15.5 Å². The maximum absolute atomic E-state index is 5.99. The summed E-state index contributed by atoms with van der Waals surface area (Å²) in [5, 5.41) is 6.97. The van der Waals surface area contributed by atoms with E-state index in [-0.39, 0.29) is 30.1 Å². The highest BCUT2D eigenvalue weighted by atomic mass is 127. The monoisotopic (exact) mass is 488 g/mol. The number of ether oxygens (including phenoxy) is 1. The summed E-state index contributed by atoms with van der Waals surface area (Å²) in [4.78, 5) is 7.29. The number of halogens is 1. The highest BCUT2D eigenvalue weighted by Crippen LogP contribution is 2.14. The maximum atomic E-state index is 5.99. The minimum atomic E-state index is 0. The van der Waals surface area contributed by atoms with Crippen LogP contribution in [-0.4, -0.2) is 55.7 Å². The number of nitrogens with zero attached hydrogens (tertiary/aromatic N) is 2. The highest BCUT2D eigenvalue weighted by Gasteiger charge is 2.19. The molecule has 1 heterocycles. The Morgan fingerprint density at radius 2 is 2.04 bits per heavy atom.